The van der Waals surface area contributed by atoms with E-state index < -0.39 is 0 Å². The van der Waals surface area contributed by atoms with Crippen LogP contribution in [0.15, 0.2) is 24.3 Å². The maximum Gasteiger partial charge on any atom is 0.118 e. The first kappa shape index (κ1) is 10.1. The molecular formula is C11H17NO. The van der Waals surface area contributed by atoms with Crippen molar-refractivity contribution >= 4 is 0 Å². The average molecular weight is 179 g/mol. The van der Waals surface area contributed by atoms with Crippen molar-refractivity contribution in [2.75, 3.05) is 13.7 Å². The van der Waals surface area contributed by atoms with Gasteiger partial charge in [-0.05, 0) is 36.6 Å². The topological polar surface area (TPSA) is 35.2 Å². The lowest BCUT2D eigenvalue weighted by atomic mass is 9.98. The number of ether oxygens (including phenoxy) is 1. The van der Waals surface area contributed by atoms with Gasteiger partial charge in [-0.25, -0.2) is 0 Å². The maximum absolute atomic E-state index is 5.50. The highest BCUT2D eigenvalue weighted by molar-refractivity contribution is 5.28. The SMILES string of the molecule is COc1ccc(C(C)CCN)cc1. The highest BCUT2D eigenvalue weighted by Crippen LogP contribution is 2.20. The molecule has 2 N–H and O–H groups in total. The van der Waals surface area contributed by atoms with Crippen LogP contribution in [0.25, 0.3) is 0 Å². The van der Waals surface area contributed by atoms with Gasteiger partial charge in [0, 0.05) is 0 Å². The summed E-state index contributed by atoms with van der Waals surface area (Å²) in [5, 5.41) is 0. The highest BCUT2D eigenvalue weighted by Gasteiger charge is 2.03. The van der Waals surface area contributed by atoms with E-state index in [4.69, 9.17) is 10.5 Å². The maximum atomic E-state index is 5.50. The van der Waals surface area contributed by atoms with E-state index in [9.17, 15) is 0 Å². The lowest BCUT2D eigenvalue weighted by Gasteiger charge is -2.10. The number of benzene rings is 1. The zero-order valence-corrected chi connectivity index (χ0v) is 8.29. The Balaban J connectivity index is 2.67. The predicted octanol–water partition coefficient (Wildman–Crippen LogP) is 2.15. The van der Waals surface area contributed by atoms with Gasteiger partial charge in [-0.3, -0.25) is 0 Å². The molecule has 0 aromatic heterocycles. The summed E-state index contributed by atoms with van der Waals surface area (Å²) in [6.45, 7) is 2.93. The van der Waals surface area contributed by atoms with E-state index in [-0.39, 0.29) is 0 Å². The Kier molecular flexibility index (Phi) is 3.77. The highest BCUT2D eigenvalue weighted by atomic mass is 16.5. The fraction of sp³-hybridized carbons (Fsp3) is 0.455. The van der Waals surface area contributed by atoms with E-state index in [2.05, 4.69) is 19.1 Å². The molecule has 2 heteroatoms. The van der Waals surface area contributed by atoms with Crippen molar-refractivity contribution in [1.82, 2.24) is 0 Å². The van der Waals surface area contributed by atoms with Crippen LogP contribution < -0.4 is 10.5 Å². The normalized spacial score (nSPS) is 12.5. The number of rotatable bonds is 4. The summed E-state index contributed by atoms with van der Waals surface area (Å²) >= 11 is 0. The summed E-state index contributed by atoms with van der Waals surface area (Å²) in [5.41, 5.74) is 6.82. The van der Waals surface area contributed by atoms with Gasteiger partial charge in [-0.1, -0.05) is 19.1 Å². The van der Waals surface area contributed by atoms with E-state index >= 15 is 0 Å². The van der Waals surface area contributed by atoms with Gasteiger partial charge in [0.25, 0.3) is 0 Å². The minimum atomic E-state index is 0.538. The molecule has 1 aromatic rings. The molecule has 0 aliphatic carbocycles. The predicted molar refractivity (Wildman–Crippen MR) is 55.1 cm³/mol. The molecule has 1 unspecified atom stereocenters. The summed E-state index contributed by atoms with van der Waals surface area (Å²) < 4.78 is 5.08. The average Bonchev–Trinajstić information content (AvgIpc) is 2.18. The molecule has 72 valence electrons. The van der Waals surface area contributed by atoms with Crippen molar-refractivity contribution in [1.29, 1.82) is 0 Å². The van der Waals surface area contributed by atoms with Gasteiger partial charge in [-0.15, -0.1) is 0 Å². The van der Waals surface area contributed by atoms with Gasteiger partial charge in [-0.2, -0.15) is 0 Å². The van der Waals surface area contributed by atoms with E-state index in [1.54, 1.807) is 7.11 Å². The fourth-order valence-electron chi connectivity index (χ4n) is 1.35. The van der Waals surface area contributed by atoms with Crippen LogP contribution in [0.1, 0.15) is 24.8 Å². The van der Waals surface area contributed by atoms with E-state index in [0.29, 0.717) is 5.92 Å². The number of hydrogen-bond acceptors (Lipinski definition) is 2. The summed E-state index contributed by atoms with van der Waals surface area (Å²) in [4.78, 5) is 0. The van der Waals surface area contributed by atoms with Crippen LogP contribution in [0.2, 0.25) is 0 Å². The minimum Gasteiger partial charge on any atom is -0.497 e. The smallest absolute Gasteiger partial charge is 0.118 e. The Hall–Kier alpha value is -1.02. The van der Waals surface area contributed by atoms with Crippen molar-refractivity contribution in [3.8, 4) is 5.75 Å². The van der Waals surface area contributed by atoms with E-state index in [1.165, 1.54) is 5.56 Å². The number of hydrogen-bond donors (Lipinski definition) is 1. The van der Waals surface area contributed by atoms with Crippen LogP contribution >= 0.6 is 0 Å². The van der Waals surface area contributed by atoms with Crippen LogP contribution in [0.5, 0.6) is 5.75 Å². The Morgan fingerprint density at radius 1 is 1.31 bits per heavy atom. The van der Waals surface area contributed by atoms with Crippen molar-refractivity contribution in [3.05, 3.63) is 29.8 Å². The summed E-state index contributed by atoms with van der Waals surface area (Å²) in [5.74, 6) is 1.44. The van der Waals surface area contributed by atoms with Crippen LogP contribution in [0, 0.1) is 0 Å². The third-order valence-electron chi connectivity index (χ3n) is 2.28. The second-order valence-electron chi connectivity index (χ2n) is 3.25. The molecule has 1 aromatic carbocycles. The molecular weight excluding hydrogens is 162 g/mol. The second-order valence-corrected chi connectivity index (χ2v) is 3.25. The van der Waals surface area contributed by atoms with Gasteiger partial charge >= 0.3 is 0 Å². The molecule has 0 saturated heterocycles. The Morgan fingerprint density at radius 2 is 1.92 bits per heavy atom. The molecule has 0 amide bonds. The summed E-state index contributed by atoms with van der Waals surface area (Å²) in [6.07, 6.45) is 1.03. The standard InChI is InChI=1S/C11H17NO/c1-9(7-8-12)10-3-5-11(13-2)6-4-10/h3-6,9H,7-8,12H2,1-2H3. The van der Waals surface area contributed by atoms with Crippen LogP contribution in [0.3, 0.4) is 0 Å². The molecule has 1 atom stereocenters. The Labute approximate surface area is 79.7 Å². The zero-order valence-electron chi connectivity index (χ0n) is 8.29. The molecule has 1 rings (SSSR count). The lowest BCUT2D eigenvalue weighted by Crippen LogP contribution is -2.04. The zero-order chi connectivity index (χ0) is 9.68. The fourth-order valence-corrected chi connectivity index (χ4v) is 1.35. The minimum absolute atomic E-state index is 0.538. The summed E-state index contributed by atoms with van der Waals surface area (Å²) in [6, 6.07) is 8.17. The van der Waals surface area contributed by atoms with Crippen molar-refractivity contribution in [3.63, 3.8) is 0 Å². The second kappa shape index (κ2) is 4.87. The molecule has 0 aliphatic rings. The number of nitrogens with two attached hydrogens (primary N) is 1. The van der Waals surface area contributed by atoms with E-state index in [0.717, 1.165) is 18.7 Å². The van der Waals surface area contributed by atoms with Gasteiger partial charge in [0.1, 0.15) is 5.75 Å². The molecule has 0 fully saturated rings. The Bertz CT molecular complexity index is 243. The van der Waals surface area contributed by atoms with Crippen molar-refractivity contribution < 1.29 is 4.74 Å². The number of methoxy groups -OCH3 is 1. The molecule has 0 heterocycles. The van der Waals surface area contributed by atoms with Crippen LogP contribution in [-0.2, 0) is 0 Å². The molecule has 0 bridgehead atoms. The van der Waals surface area contributed by atoms with E-state index in [1.807, 2.05) is 12.1 Å². The van der Waals surface area contributed by atoms with Crippen LogP contribution in [-0.4, -0.2) is 13.7 Å². The summed E-state index contributed by atoms with van der Waals surface area (Å²) in [7, 11) is 1.68. The Morgan fingerprint density at radius 3 is 2.38 bits per heavy atom. The lowest BCUT2D eigenvalue weighted by molar-refractivity contribution is 0.414. The third-order valence-corrected chi connectivity index (χ3v) is 2.28. The van der Waals surface area contributed by atoms with Crippen LogP contribution in [0.4, 0.5) is 0 Å². The van der Waals surface area contributed by atoms with Crippen molar-refractivity contribution in [2.24, 2.45) is 5.73 Å². The third kappa shape index (κ3) is 2.74. The first-order valence-electron chi connectivity index (χ1n) is 4.62. The first-order chi connectivity index (χ1) is 6.27. The van der Waals surface area contributed by atoms with Gasteiger partial charge in [0.2, 0.25) is 0 Å². The molecule has 0 spiro atoms. The molecule has 0 saturated carbocycles. The van der Waals surface area contributed by atoms with Crippen molar-refractivity contribution in [2.45, 2.75) is 19.3 Å². The quantitative estimate of drug-likeness (QED) is 0.768. The molecule has 2 nitrogen and oxygen atoms in total. The van der Waals surface area contributed by atoms with Gasteiger partial charge < -0.3 is 10.5 Å². The largest absolute Gasteiger partial charge is 0.497 e. The van der Waals surface area contributed by atoms with Gasteiger partial charge in [0.05, 0.1) is 7.11 Å². The van der Waals surface area contributed by atoms with Gasteiger partial charge in [0.15, 0.2) is 0 Å². The molecule has 13 heavy (non-hydrogen) atoms. The first-order valence-corrected chi connectivity index (χ1v) is 4.62. The molecule has 0 radical (unpaired) electrons. The molecule has 0 aliphatic heterocycles. The monoisotopic (exact) mass is 179 g/mol.